The van der Waals surface area contributed by atoms with Gasteiger partial charge in [0.1, 0.15) is 0 Å². The minimum Gasteiger partial charge on any atom is -0.388 e. The second-order valence-corrected chi connectivity index (χ2v) is 6.60. The standard InChI is InChI=1S/C20H34O/c1-4-5-6-7-8-9-10-11-12-20(21)19-15-13-18(14-16-19)17(2)3/h13-17,20-21H,4-12H2,1-3H3. The minimum atomic E-state index is -0.286. The first-order valence-corrected chi connectivity index (χ1v) is 8.93. The molecule has 1 atom stereocenters. The predicted molar refractivity (Wildman–Crippen MR) is 92.7 cm³/mol. The van der Waals surface area contributed by atoms with Crippen LogP contribution in [0.2, 0.25) is 0 Å². The quantitative estimate of drug-likeness (QED) is 0.469. The van der Waals surface area contributed by atoms with Gasteiger partial charge in [0.25, 0.3) is 0 Å². The summed E-state index contributed by atoms with van der Waals surface area (Å²) < 4.78 is 0. The van der Waals surface area contributed by atoms with E-state index < -0.39 is 0 Å². The van der Waals surface area contributed by atoms with Crippen molar-refractivity contribution < 1.29 is 5.11 Å². The van der Waals surface area contributed by atoms with Crippen molar-refractivity contribution in [3.05, 3.63) is 35.4 Å². The molecule has 1 unspecified atom stereocenters. The molecule has 0 bridgehead atoms. The lowest BCUT2D eigenvalue weighted by Gasteiger charge is -2.12. The number of benzene rings is 1. The summed E-state index contributed by atoms with van der Waals surface area (Å²) in [5, 5.41) is 10.2. The molecule has 1 aromatic rings. The third kappa shape index (κ3) is 7.66. The first-order chi connectivity index (χ1) is 10.1. The van der Waals surface area contributed by atoms with Crippen molar-refractivity contribution >= 4 is 0 Å². The number of aliphatic hydroxyl groups is 1. The first-order valence-electron chi connectivity index (χ1n) is 8.93. The van der Waals surface area contributed by atoms with E-state index >= 15 is 0 Å². The molecule has 0 radical (unpaired) electrons. The third-order valence-corrected chi connectivity index (χ3v) is 4.32. The second kappa shape index (κ2) is 10.8. The monoisotopic (exact) mass is 290 g/mol. The molecule has 0 aliphatic rings. The van der Waals surface area contributed by atoms with Gasteiger partial charge in [-0.05, 0) is 23.5 Å². The minimum absolute atomic E-state index is 0.286. The molecule has 1 aromatic carbocycles. The highest BCUT2D eigenvalue weighted by Gasteiger charge is 2.07. The van der Waals surface area contributed by atoms with Gasteiger partial charge < -0.3 is 5.11 Å². The van der Waals surface area contributed by atoms with Crippen molar-refractivity contribution in [2.75, 3.05) is 0 Å². The van der Waals surface area contributed by atoms with Crippen LogP contribution < -0.4 is 0 Å². The molecule has 0 spiro atoms. The highest BCUT2D eigenvalue weighted by atomic mass is 16.3. The molecule has 0 fully saturated rings. The smallest absolute Gasteiger partial charge is 0.0790 e. The molecule has 1 rings (SSSR count). The maximum Gasteiger partial charge on any atom is 0.0790 e. The summed E-state index contributed by atoms with van der Waals surface area (Å²) >= 11 is 0. The SMILES string of the molecule is CCCCCCCCCCC(O)c1ccc(C(C)C)cc1. The Kier molecular flexibility index (Phi) is 9.41. The van der Waals surface area contributed by atoms with Gasteiger partial charge in [0, 0.05) is 0 Å². The van der Waals surface area contributed by atoms with E-state index in [0.717, 1.165) is 18.4 Å². The second-order valence-electron chi connectivity index (χ2n) is 6.60. The lowest BCUT2D eigenvalue weighted by Crippen LogP contribution is -1.98. The molecule has 1 nitrogen and oxygen atoms in total. The van der Waals surface area contributed by atoms with E-state index in [0.29, 0.717) is 5.92 Å². The summed E-state index contributed by atoms with van der Waals surface area (Å²) in [6, 6.07) is 8.48. The molecule has 120 valence electrons. The van der Waals surface area contributed by atoms with Crippen LogP contribution in [0.25, 0.3) is 0 Å². The van der Waals surface area contributed by atoms with Crippen LogP contribution in [0.3, 0.4) is 0 Å². The highest BCUT2D eigenvalue weighted by Crippen LogP contribution is 2.23. The van der Waals surface area contributed by atoms with Gasteiger partial charge in [0.05, 0.1) is 6.10 Å². The van der Waals surface area contributed by atoms with Crippen LogP contribution in [-0.2, 0) is 0 Å². The third-order valence-electron chi connectivity index (χ3n) is 4.32. The Morgan fingerprint density at radius 2 is 1.24 bits per heavy atom. The molecule has 0 amide bonds. The molecular formula is C20H34O. The van der Waals surface area contributed by atoms with E-state index in [1.54, 1.807) is 0 Å². The summed E-state index contributed by atoms with van der Waals surface area (Å²) in [7, 11) is 0. The van der Waals surface area contributed by atoms with Crippen LogP contribution in [0.1, 0.15) is 102 Å². The number of aliphatic hydroxyl groups excluding tert-OH is 1. The maximum absolute atomic E-state index is 10.2. The van der Waals surface area contributed by atoms with Crippen LogP contribution >= 0.6 is 0 Å². The van der Waals surface area contributed by atoms with Gasteiger partial charge in [-0.1, -0.05) is 96.4 Å². The van der Waals surface area contributed by atoms with E-state index in [9.17, 15) is 5.11 Å². The number of hydrogen-bond acceptors (Lipinski definition) is 1. The molecule has 0 aliphatic carbocycles. The van der Waals surface area contributed by atoms with Crippen molar-refractivity contribution in [1.29, 1.82) is 0 Å². The Bertz CT molecular complexity index is 353. The van der Waals surface area contributed by atoms with Crippen molar-refractivity contribution in [3.8, 4) is 0 Å². The van der Waals surface area contributed by atoms with Crippen molar-refractivity contribution in [2.24, 2.45) is 0 Å². The zero-order valence-corrected chi connectivity index (χ0v) is 14.3. The van der Waals surface area contributed by atoms with E-state index in [4.69, 9.17) is 0 Å². The molecule has 21 heavy (non-hydrogen) atoms. The van der Waals surface area contributed by atoms with Crippen molar-refractivity contribution in [1.82, 2.24) is 0 Å². The molecular weight excluding hydrogens is 256 g/mol. The molecule has 1 N–H and O–H groups in total. The Labute approximate surface area is 131 Å². The van der Waals surface area contributed by atoms with Crippen LogP contribution in [-0.4, -0.2) is 5.11 Å². The topological polar surface area (TPSA) is 20.2 Å². The van der Waals surface area contributed by atoms with Gasteiger partial charge in [0.15, 0.2) is 0 Å². The van der Waals surface area contributed by atoms with Crippen LogP contribution in [0.5, 0.6) is 0 Å². The van der Waals surface area contributed by atoms with Gasteiger partial charge in [0.2, 0.25) is 0 Å². The van der Waals surface area contributed by atoms with E-state index in [2.05, 4.69) is 45.0 Å². The van der Waals surface area contributed by atoms with E-state index in [1.165, 1.54) is 50.5 Å². The Morgan fingerprint density at radius 3 is 1.76 bits per heavy atom. The Hall–Kier alpha value is -0.820. The zero-order valence-electron chi connectivity index (χ0n) is 14.3. The zero-order chi connectivity index (χ0) is 15.5. The van der Waals surface area contributed by atoms with Crippen LogP contribution in [0, 0.1) is 0 Å². The lowest BCUT2D eigenvalue weighted by atomic mass is 9.97. The number of hydrogen-bond donors (Lipinski definition) is 1. The fourth-order valence-electron chi connectivity index (χ4n) is 2.74. The van der Waals surface area contributed by atoms with Gasteiger partial charge >= 0.3 is 0 Å². The summed E-state index contributed by atoms with van der Waals surface area (Å²) in [6.07, 6.45) is 11.2. The number of unbranched alkanes of at least 4 members (excludes halogenated alkanes) is 7. The summed E-state index contributed by atoms with van der Waals surface area (Å²) in [5.74, 6) is 0.559. The molecule has 0 saturated heterocycles. The predicted octanol–water partition coefficient (Wildman–Crippen LogP) is 6.37. The molecule has 0 aliphatic heterocycles. The van der Waals surface area contributed by atoms with Gasteiger partial charge in [-0.3, -0.25) is 0 Å². The summed E-state index contributed by atoms with van der Waals surface area (Å²) in [5.41, 5.74) is 2.42. The fraction of sp³-hybridized carbons (Fsp3) is 0.700. The normalized spacial score (nSPS) is 12.8. The largest absolute Gasteiger partial charge is 0.388 e. The van der Waals surface area contributed by atoms with E-state index in [1.807, 2.05) is 0 Å². The number of rotatable bonds is 11. The molecule has 0 aromatic heterocycles. The first kappa shape index (κ1) is 18.2. The Balaban J connectivity index is 2.14. The summed E-state index contributed by atoms with van der Waals surface area (Å²) in [4.78, 5) is 0. The lowest BCUT2D eigenvalue weighted by molar-refractivity contribution is 0.163. The average Bonchev–Trinajstić information content (AvgIpc) is 2.49. The molecule has 1 heteroatoms. The van der Waals surface area contributed by atoms with Gasteiger partial charge in [-0.2, -0.15) is 0 Å². The maximum atomic E-state index is 10.2. The summed E-state index contributed by atoms with van der Waals surface area (Å²) in [6.45, 7) is 6.66. The Morgan fingerprint density at radius 1 is 0.762 bits per heavy atom. The van der Waals surface area contributed by atoms with Crippen LogP contribution in [0.4, 0.5) is 0 Å². The fourth-order valence-corrected chi connectivity index (χ4v) is 2.74. The van der Waals surface area contributed by atoms with Crippen LogP contribution in [0.15, 0.2) is 24.3 Å². The van der Waals surface area contributed by atoms with E-state index in [-0.39, 0.29) is 6.10 Å². The average molecular weight is 290 g/mol. The van der Waals surface area contributed by atoms with Gasteiger partial charge in [-0.25, -0.2) is 0 Å². The van der Waals surface area contributed by atoms with Crippen molar-refractivity contribution in [3.63, 3.8) is 0 Å². The molecule has 0 heterocycles. The molecule has 0 saturated carbocycles. The van der Waals surface area contributed by atoms with Gasteiger partial charge in [-0.15, -0.1) is 0 Å². The highest BCUT2D eigenvalue weighted by molar-refractivity contribution is 5.25. The van der Waals surface area contributed by atoms with Crippen molar-refractivity contribution in [2.45, 2.75) is 90.6 Å².